The average molecular weight is 360 g/mol. The summed E-state index contributed by atoms with van der Waals surface area (Å²) >= 11 is 15.1. The SMILES string of the molecule is O=C(COc1cccc(Br)c1)c1ccc(Cl)cc1Cl. The van der Waals surface area contributed by atoms with Gasteiger partial charge in [-0.2, -0.15) is 0 Å². The Morgan fingerprint density at radius 1 is 1.16 bits per heavy atom. The van der Waals surface area contributed by atoms with Crippen molar-refractivity contribution >= 4 is 44.9 Å². The summed E-state index contributed by atoms with van der Waals surface area (Å²) in [6.07, 6.45) is 0. The van der Waals surface area contributed by atoms with Crippen molar-refractivity contribution in [2.45, 2.75) is 0 Å². The number of ether oxygens (including phenoxy) is 1. The van der Waals surface area contributed by atoms with Crippen molar-refractivity contribution in [3.05, 3.63) is 62.5 Å². The molecule has 0 spiro atoms. The fourth-order valence-corrected chi connectivity index (χ4v) is 2.39. The van der Waals surface area contributed by atoms with E-state index >= 15 is 0 Å². The van der Waals surface area contributed by atoms with Gasteiger partial charge >= 0.3 is 0 Å². The Morgan fingerprint density at radius 2 is 1.95 bits per heavy atom. The zero-order chi connectivity index (χ0) is 13.8. The van der Waals surface area contributed by atoms with Crippen LogP contribution >= 0.6 is 39.1 Å². The maximum absolute atomic E-state index is 12.0. The van der Waals surface area contributed by atoms with Gasteiger partial charge in [0, 0.05) is 15.1 Å². The summed E-state index contributed by atoms with van der Waals surface area (Å²) in [5, 5.41) is 0.824. The first kappa shape index (κ1) is 14.4. The molecule has 0 unspecified atom stereocenters. The van der Waals surface area contributed by atoms with E-state index in [1.165, 1.54) is 6.07 Å². The third-order valence-electron chi connectivity index (χ3n) is 2.40. The largest absolute Gasteiger partial charge is 0.485 e. The van der Waals surface area contributed by atoms with E-state index in [0.717, 1.165) is 4.47 Å². The minimum atomic E-state index is -0.193. The summed E-state index contributed by atoms with van der Waals surface area (Å²) in [6, 6.07) is 12.0. The van der Waals surface area contributed by atoms with E-state index in [0.29, 0.717) is 21.4 Å². The maximum atomic E-state index is 12.0. The van der Waals surface area contributed by atoms with Gasteiger partial charge in [0.15, 0.2) is 6.61 Å². The molecule has 0 aliphatic heterocycles. The molecule has 19 heavy (non-hydrogen) atoms. The van der Waals surface area contributed by atoms with Crippen LogP contribution in [-0.2, 0) is 0 Å². The zero-order valence-electron chi connectivity index (χ0n) is 9.70. The van der Waals surface area contributed by atoms with Gasteiger partial charge < -0.3 is 4.74 Å². The van der Waals surface area contributed by atoms with Crippen molar-refractivity contribution in [2.24, 2.45) is 0 Å². The summed E-state index contributed by atoms with van der Waals surface area (Å²) < 4.78 is 6.31. The summed E-state index contributed by atoms with van der Waals surface area (Å²) in [5.74, 6) is 0.425. The highest BCUT2D eigenvalue weighted by Gasteiger charge is 2.11. The Bertz CT molecular complexity index is 614. The van der Waals surface area contributed by atoms with Crippen LogP contribution in [0.2, 0.25) is 10.0 Å². The lowest BCUT2D eigenvalue weighted by Gasteiger charge is -2.07. The van der Waals surface area contributed by atoms with Crippen molar-refractivity contribution in [1.29, 1.82) is 0 Å². The third-order valence-corrected chi connectivity index (χ3v) is 3.44. The molecule has 0 bridgehead atoms. The normalized spacial score (nSPS) is 10.3. The first-order chi connectivity index (χ1) is 9.06. The Hall–Kier alpha value is -1.03. The average Bonchev–Trinajstić information content (AvgIpc) is 2.36. The molecule has 0 fully saturated rings. The molecule has 0 aliphatic carbocycles. The highest BCUT2D eigenvalue weighted by molar-refractivity contribution is 9.10. The van der Waals surface area contributed by atoms with Gasteiger partial charge in [0.1, 0.15) is 5.75 Å². The van der Waals surface area contributed by atoms with Crippen LogP contribution in [0.25, 0.3) is 0 Å². The van der Waals surface area contributed by atoms with Gasteiger partial charge in [-0.3, -0.25) is 4.79 Å². The molecule has 0 aromatic heterocycles. The van der Waals surface area contributed by atoms with Crippen molar-refractivity contribution in [3.63, 3.8) is 0 Å². The van der Waals surface area contributed by atoms with E-state index in [2.05, 4.69) is 15.9 Å². The minimum absolute atomic E-state index is 0.0716. The zero-order valence-corrected chi connectivity index (χ0v) is 12.8. The molecule has 2 rings (SSSR count). The molecule has 0 aliphatic rings. The van der Waals surface area contributed by atoms with Crippen molar-refractivity contribution in [3.8, 4) is 5.75 Å². The van der Waals surface area contributed by atoms with Gasteiger partial charge in [0.25, 0.3) is 0 Å². The molecule has 0 saturated heterocycles. The van der Waals surface area contributed by atoms with E-state index < -0.39 is 0 Å². The standard InChI is InChI=1S/C14H9BrCl2O2/c15-9-2-1-3-11(6-9)19-8-14(18)12-5-4-10(16)7-13(12)17/h1-7H,8H2. The lowest BCUT2D eigenvalue weighted by atomic mass is 10.1. The van der Waals surface area contributed by atoms with Crippen LogP contribution in [0.4, 0.5) is 0 Å². The monoisotopic (exact) mass is 358 g/mol. The molecule has 98 valence electrons. The smallest absolute Gasteiger partial charge is 0.201 e. The van der Waals surface area contributed by atoms with E-state index in [9.17, 15) is 4.79 Å². The predicted molar refractivity (Wildman–Crippen MR) is 80.4 cm³/mol. The Labute approximate surface area is 129 Å². The number of carbonyl (C=O) groups is 1. The van der Waals surface area contributed by atoms with Crippen LogP contribution in [0.5, 0.6) is 5.75 Å². The molecule has 0 heterocycles. The second-order valence-corrected chi connectivity index (χ2v) is 5.55. The van der Waals surface area contributed by atoms with Crippen molar-refractivity contribution in [2.75, 3.05) is 6.61 Å². The summed E-state index contributed by atoms with van der Waals surface area (Å²) in [6.45, 7) is -0.0716. The second kappa shape index (κ2) is 6.42. The lowest BCUT2D eigenvalue weighted by molar-refractivity contribution is 0.0921. The van der Waals surface area contributed by atoms with Gasteiger partial charge in [-0.05, 0) is 36.4 Å². The fraction of sp³-hybridized carbons (Fsp3) is 0.0714. The number of benzene rings is 2. The van der Waals surface area contributed by atoms with Gasteiger partial charge in [-0.25, -0.2) is 0 Å². The van der Waals surface area contributed by atoms with E-state index in [-0.39, 0.29) is 12.4 Å². The van der Waals surface area contributed by atoms with Gasteiger partial charge in [0.2, 0.25) is 5.78 Å². The van der Waals surface area contributed by atoms with Crippen LogP contribution in [0.1, 0.15) is 10.4 Å². The number of Topliss-reactive ketones (excluding diaryl/α,β-unsaturated/α-hetero) is 1. The minimum Gasteiger partial charge on any atom is -0.485 e. The summed E-state index contributed by atoms with van der Waals surface area (Å²) in [5.41, 5.74) is 0.404. The third kappa shape index (κ3) is 3.96. The molecular weight excluding hydrogens is 351 g/mol. The summed E-state index contributed by atoms with van der Waals surface area (Å²) in [7, 11) is 0. The number of rotatable bonds is 4. The topological polar surface area (TPSA) is 26.3 Å². The van der Waals surface area contributed by atoms with Crippen LogP contribution in [-0.4, -0.2) is 12.4 Å². The Balaban J connectivity index is 2.05. The molecule has 2 aromatic rings. The molecule has 0 amide bonds. The van der Waals surface area contributed by atoms with Crippen LogP contribution in [0.15, 0.2) is 46.9 Å². The lowest BCUT2D eigenvalue weighted by Crippen LogP contribution is -2.12. The van der Waals surface area contributed by atoms with E-state index in [1.807, 2.05) is 12.1 Å². The fourth-order valence-electron chi connectivity index (χ4n) is 1.50. The molecule has 0 atom stereocenters. The van der Waals surface area contributed by atoms with Crippen LogP contribution < -0.4 is 4.74 Å². The first-order valence-corrected chi connectivity index (χ1v) is 6.98. The Morgan fingerprint density at radius 3 is 2.63 bits per heavy atom. The highest BCUT2D eigenvalue weighted by Crippen LogP contribution is 2.22. The summed E-state index contributed by atoms with van der Waals surface area (Å²) in [4.78, 5) is 12.0. The number of carbonyl (C=O) groups excluding carboxylic acids is 1. The van der Waals surface area contributed by atoms with Gasteiger partial charge in [0.05, 0.1) is 5.02 Å². The number of halogens is 3. The Kier molecular flexibility index (Phi) is 4.86. The maximum Gasteiger partial charge on any atom is 0.201 e. The van der Waals surface area contributed by atoms with Gasteiger partial charge in [-0.15, -0.1) is 0 Å². The number of ketones is 1. The molecule has 2 aromatic carbocycles. The number of hydrogen-bond donors (Lipinski definition) is 0. The molecule has 0 N–H and O–H groups in total. The molecular formula is C14H9BrCl2O2. The van der Waals surface area contributed by atoms with Crippen molar-refractivity contribution in [1.82, 2.24) is 0 Å². The van der Waals surface area contributed by atoms with E-state index in [4.69, 9.17) is 27.9 Å². The molecule has 2 nitrogen and oxygen atoms in total. The van der Waals surface area contributed by atoms with Crippen LogP contribution in [0, 0.1) is 0 Å². The second-order valence-electron chi connectivity index (χ2n) is 3.79. The van der Waals surface area contributed by atoms with Crippen molar-refractivity contribution < 1.29 is 9.53 Å². The molecule has 0 radical (unpaired) electrons. The quantitative estimate of drug-likeness (QED) is 0.716. The van der Waals surface area contributed by atoms with Crippen LogP contribution in [0.3, 0.4) is 0 Å². The number of hydrogen-bond acceptors (Lipinski definition) is 2. The highest BCUT2D eigenvalue weighted by atomic mass is 79.9. The molecule has 5 heteroatoms. The predicted octanol–water partition coefficient (Wildman–Crippen LogP) is 5.02. The first-order valence-electron chi connectivity index (χ1n) is 5.43. The van der Waals surface area contributed by atoms with E-state index in [1.54, 1.807) is 24.3 Å². The van der Waals surface area contributed by atoms with Gasteiger partial charge in [-0.1, -0.05) is 45.2 Å². The molecule has 0 saturated carbocycles.